The number of halogens is 1. The van der Waals surface area contributed by atoms with E-state index >= 15 is 0 Å². The average Bonchev–Trinajstić information content (AvgIpc) is 2.93. The maximum Gasteiger partial charge on any atom is 0.338 e. The molecule has 0 unspecified atom stereocenters. The number of amides is 3. The van der Waals surface area contributed by atoms with Gasteiger partial charge in [-0.25, -0.2) is 9.59 Å². The lowest BCUT2D eigenvalue weighted by Gasteiger charge is -2.43. The molecule has 1 saturated heterocycles. The first-order chi connectivity index (χ1) is 18.8. The summed E-state index contributed by atoms with van der Waals surface area (Å²) in [5.41, 5.74) is 2.37. The van der Waals surface area contributed by atoms with E-state index in [1.807, 2.05) is 18.7 Å². The summed E-state index contributed by atoms with van der Waals surface area (Å²) in [5, 5.41) is 3.54. The SMILES string of the molecule is CCOC(=O)C1=C(CN2CCN(C(=O)c3ccc(OC)cc3)[C@@H](C)C2)N(CC)C(=O)N[C@@H]1c1ccc(Cl)cc1. The van der Waals surface area contributed by atoms with Crippen LogP contribution in [0.3, 0.4) is 0 Å². The fourth-order valence-electron chi connectivity index (χ4n) is 5.15. The lowest BCUT2D eigenvalue weighted by atomic mass is 9.94. The van der Waals surface area contributed by atoms with E-state index in [1.54, 1.807) is 67.5 Å². The van der Waals surface area contributed by atoms with Gasteiger partial charge >= 0.3 is 12.0 Å². The summed E-state index contributed by atoms with van der Waals surface area (Å²) in [5.74, 6) is 0.197. The van der Waals surface area contributed by atoms with Gasteiger partial charge in [0.1, 0.15) is 5.75 Å². The largest absolute Gasteiger partial charge is 0.497 e. The highest BCUT2D eigenvalue weighted by Crippen LogP contribution is 2.33. The van der Waals surface area contributed by atoms with Crippen molar-refractivity contribution in [3.8, 4) is 5.75 Å². The molecular formula is C29H35ClN4O5. The molecule has 0 saturated carbocycles. The Balaban J connectivity index is 1.60. The van der Waals surface area contributed by atoms with Crippen LogP contribution in [0.25, 0.3) is 0 Å². The zero-order valence-corrected chi connectivity index (χ0v) is 23.5. The van der Waals surface area contributed by atoms with Gasteiger partial charge in [-0.3, -0.25) is 14.6 Å². The number of carbonyl (C=O) groups excluding carboxylic acids is 3. The number of hydrogen-bond acceptors (Lipinski definition) is 6. The first-order valence-corrected chi connectivity index (χ1v) is 13.6. The number of methoxy groups -OCH3 is 1. The van der Waals surface area contributed by atoms with Crippen molar-refractivity contribution < 1.29 is 23.9 Å². The quantitative estimate of drug-likeness (QED) is 0.494. The van der Waals surface area contributed by atoms with Crippen molar-refractivity contribution in [3.05, 3.63) is 76.0 Å². The van der Waals surface area contributed by atoms with E-state index in [0.717, 1.165) is 5.56 Å². The van der Waals surface area contributed by atoms with Gasteiger partial charge in [-0.1, -0.05) is 23.7 Å². The lowest BCUT2D eigenvalue weighted by molar-refractivity contribution is -0.139. The van der Waals surface area contributed by atoms with Crippen molar-refractivity contribution in [2.75, 3.05) is 46.4 Å². The fourth-order valence-corrected chi connectivity index (χ4v) is 5.28. The molecule has 10 heteroatoms. The summed E-state index contributed by atoms with van der Waals surface area (Å²) in [6, 6.07) is 13.2. The molecule has 2 atom stereocenters. The predicted molar refractivity (Wildman–Crippen MR) is 149 cm³/mol. The molecule has 2 aliphatic rings. The molecule has 0 radical (unpaired) electrons. The Hall–Kier alpha value is -3.56. The minimum atomic E-state index is -0.665. The monoisotopic (exact) mass is 554 g/mol. The van der Waals surface area contributed by atoms with Crippen LogP contribution in [0.1, 0.15) is 42.7 Å². The molecule has 39 heavy (non-hydrogen) atoms. The van der Waals surface area contributed by atoms with Gasteiger partial charge in [0.05, 0.1) is 25.3 Å². The molecule has 0 spiro atoms. The van der Waals surface area contributed by atoms with Crippen LogP contribution in [-0.4, -0.2) is 85.1 Å². The second-order valence-corrected chi connectivity index (χ2v) is 10.0. The molecule has 2 aromatic carbocycles. The van der Waals surface area contributed by atoms with E-state index in [2.05, 4.69) is 10.2 Å². The van der Waals surface area contributed by atoms with Crippen molar-refractivity contribution in [1.29, 1.82) is 0 Å². The van der Waals surface area contributed by atoms with Crippen molar-refractivity contribution >= 4 is 29.5 Å². The maximum absolute atomic E-state index is 13.3. The highest BCUT2D eigenvalue weighted by molar-refractivity contribution is 6.30. The molecule has 208 valence electrons. The van der Waals surface area contributed by atoms with Crippen LogP contribution in [-0.2, 0) is 9.53 Å². The van der Waals surface area contributed by atoms with Crippen molar-refractivity contribution in [3.63, 3.8) is 0 Å². The zero-order valence-electron chi connectivity index (χ0n) is 22.8. The Morgan fingerprint density at radius 1 is 1.05 bits per heavy atom. The van der Waals surface area contributed by atoms with Crippen molar-refractivity contribution in [1.82, 2.24) is 20.0 Å². The van der Waals surface area contributed by atoms with Crippen molar-refractivity contribution in [2.45, 2.75) is 32.9 Å². The van der Waals surface area contributed by atoms with Gasteiger partial charge in [0.2, 0.25) is 0 Å². The summed E-state index contributed by atoms with van der Waals surface area (Å²) in [7, 11) is 1.59. The number of nitrogens with zero attached hydrogens (tertiary/aromatic N) is 3. The van der Waals surface area contributed by atoms with Crippen LogP contribution in [0, 0.1) is 0 Å². The second-order valence-electron chi connectivity index (χ2n) is 9.57. The summed E-state index contributed by atoms with van der Waals surface area (Å²) in [6.45, 7) is 8.32. The van der Waals surface area contributed by atoms with Crippen LogP contribution in [0.15, 0.2) is 59.8 Å². The molecule has 0 aliphatic carbocycles. The Labute approximate surface area is 234 Å². The molecule has 1 fully saturated rings. The predicted octanol–water partition coefficient (Wildman–Crippen LogP) is 4.10. The maximum atomic E-state index is 13.3. The number of urea groups is 1. The summed E-state index contributed by atoms with van der Waals surface area (Å²) in [6.07, 6.45) is 0. The van der Waals surface area contributed by atoms with E-state index in [4.69, 9.17) is 21.1 Å². The third-order valence-corrected chi connectivity index (χ3v) is 7.39. The van der Waals surface area contributed by atoms with E-state index in [9.17, 15) is 14.4 Å². The Morgan fingerprint density at radius 3 is 2.33 bits per heavy atom. The number of esters is 1. The molecule has 0 aromatic heterocycles. The Kier molecular flexibility index (Phi) is 9.14. The van der Waals surface area contributed by atoms with Crippen LogP contribution >= 0.6 is 11.6 Å². The van der Waals surface area contributed by atoms with Gasteiger partial charge in [0.15, 0.2) is 0 Å². The van der Waals surface area contributed by atoms with Crippen LogP contribution in [0.5, 0.6) is 5.75 Å². The van der Waals surface area contributed by atoms with E-state index in [-0.39, 0.29) is 24.6 Å². The molecule has 2 heterocycles. The fraction of sp³-hybridized carbons (Fsp3) is 0.414. The lowest BCUT2D eigenvalue weighted by Crippen LogP contribution is -2.56. The second kappa shape index (κ2) is 12.5. The molecule has 9 nitrogen and oxygen atoms in total. The number of carbonyl (C=O) groups is 3. The van der Waals surface area contributed by atoms with Crippen LogP contribution in [0.2, 0.25) is 5.02 Å². The van der Waals surface area contributed by atoms with Gasteiger partial charge in [-0.05, 0) is 62.7 Å². The van der Waals surface area contributed by atoms with Crippen LogP contribution < -0.4 is 10.1 Å². The molecular weight excluding hydrogens is 520 g/mol. The topological polar surface area (TPSA) is 91.4 Å². The van der Waals surface area contributed by atoms with Crippen LogP contribution in [0.4, 0.5) is 4.79 Å². The molecule has 2 aliphatic heterocycles. The van der Waals surface area contributed by atoms with E-state index in [1.165, 1.54) is 0 Å². The van der Waals surface area contributed by atoms with E-state index < -0.39 is 12.0 Å². The zero-order chi connectivity index (χ0) is 28.1. The summed E-state index contributed by atoms with van der Waals surface area (Å²) in [4.78, 5) is 45.3. The number of nitrogens with one attached hydrogen (secondary N) is 1. The minimum Gasteiger partial charge on any atom is -0.497 e. The smallest absolute Gasteiger partial charge is 0.338 e. The number of rotatable bonds is 8. The number of piperazine rings is 1. The first-order valence-electron chi connectivity index (χ1n) is 13.2. The van der Waals surface area contributed by atoms with Gasteiger partial charge in [0.25, 0.3) is 5.91 Å². The molecule has 2 aromatic rings. The number of hydrogen-bond donors (Lipinski definition) is 1. The molecule has 4 rings (SSSR count). The first kappa shape index (κ1) is 28.4. The molecule has 3 amide bonds. The number of likely N-dealkylation sites (N-methyl/N-ethyl adjacent to an activating group) is 1. The summed E-state index contributed by atoms with van der Waals surface area (Å²) >= 11 is 6.09. The molecule has 1 N–H and O–H groups in total. The molecule has 0 bridgehead atoms. The number of ether oxygens (including phenoxy) is 2. The standard InChI is InChI=1S/C29H35ClN4O5/c1-5-33-24(25(28(36)39-6-2)26(31-29(33)37)20-7-11-22(30)12-8-20)18-32-15-16-34(19(3)17-32)27(35)21-9-13-23(38-4)14-10-21/h7-14,19,26H,5-6,15-18H2,1-4H3,(H,31,37)/t19-,26+/m0/s1. The minimum absolute atomic E-state index is 0.0359. The highest BCUT2D eigenvalue weighted by atomic mass is 35.5. The third-order valence-electron chi connectivity index (χ3n) is 7.14. The van der Waals surface area contributed by atoms with Crippen molar-refractivity contribution in [2.24, 2.45) is 0 Å². The van der Waals surface area contributed by atoms with E-state index in [0.29, 0.717) is 60.3 Å². The summed E-state index contributed by atoms with van der Waals surface area (Å²) < 4.78 is 10.7. The van der Waals surface area contributed by atoms with Gasteiger partial charge in [-0.15, -0.1) is 0 Å². The average molecular weight is 555 g/mol. The highest BCUT2D eigenvalue weighted by Gasteiger charge is 2.39. The number of benzene rings is 2. The van der Waals surface area contributed by atoms with Gasteiger partial charge in [0, 0.05) is 55.0 Å². The Morgan fingerprint density at radius 2 is 1.74 bits per heavy atom. The normalized spacial score (nSPS) is 20.1. The Bertz CT molecular complexity index is 1230. The third kappa shape index (κ3) is 6.20. The van der Waals surface area contributed by atoms with Gasteiger partial charge in [-0.2, -0.15) is 0 Å². The van der Waals surface area contributed by atoms with Gasteiger partial charge < -0.3 is 19.7 Å².